The van der Waals surface area contributed by atoms with Crippen LogP contribution in [0.5, 0.6) is 0 Å². The molecule has 6 nitrogen and oxygen atoms in total. The third kappa shape index (κ3) is 5.16. The highest BCUT2D eigenvalue weighted by molar-refractivity contribution is 7.91. The van der Waals surface area contributed by atoms with E-state index in [4.69, 9.17) is 5.10 Å². The van der Waals surface area contributed by atoms with E-state index in [0.29, 0.717) is 19.4 Å². The van der Waals surface area contributed by atoms with Gasteiger partial charge in [-0.1, -0.05) is 73.7 Å². The molecule has 7 heteroatoms. The van der Waals surface area contributed by atoms with Gasteiger partial charge in [-0.2, -0.15) is 5.10 Å². The van der Waals surface area contributed by atoms with Gasteiger partial charge in [-0.25, -0.2) is 13.4 Å². The second-order valence-electron chi connectivity index (χ2n) is 9.50. The van der Waals surface area contributed by atoms with E-state index < -0.39 is 9.84 Å². The number of benzene rings is 3. The molecule has 182 valence electrons. The first-order valence-electron chi connectivity index (χ1n) is 12.3. The van der Waals surface area contributed by atoms with E-state index >= 15 is 0 Å². The molecule has 2 unspecified atom stereocenters. The summed E-state index contributed by atoms with van der Waals surface area (Å²) in [6.07, 6.45) is 2.08. The zero-order chi connectivity index (χ0) is 24.4. The van der Waals surface area contributed by atoms with Gasteiger partial charge in [-0.3, -0.25) is 9.69 Å². The van der Waals surface area contributed by atoms with Crippen LogP contribution in [-0.4, -0.2) is 60.6 Å². The van der Waals surface area contributed by atoms with Crippen molar-refractivity contribution < 1.29 is 13.2 Å². The van der Waals surface area contributed by atoms with Crippen LogP contribution in [0.1, 0.15) is 43.4 Å². The summed E-state index contributed by atoms with van der Waals surface area (Å²) in [5.74, 6) is 0.244. The molecule has 1 fully saturated rings. The first-order valence-corrected chi connectivity index (χ1v) is 14.1. The lowest BCUT2D eigenvalue weighted by Gasteiger charge is -2.30. The van der Waals surface area contributed by atoms with E-state index in [2.05, 4.69) is 37.3 Å². The number of amides is 1. The molecule has 0 radical (unpaired) electrons. The summed E-state index contributed by atoms with van der Waals surface area (Å²) >= 11 is 0. The first kappa shape index (κ1) is 23.7. The van der Waals surface area contributed by atoms with E-state index in [1.165, 1.54) is 5.39 Å². The monoisotopic (exact) mass is 489 g/mol. The maximum Gasteiger partial charge on any atom is 0.257 e. The second kappa shape index (κ2) is 9.91. The number of hydrazone groups is 1. The van der Waals surface area contributed by atoms with Crippen molar-refractivity contribution in [2.45, 2.75) is 38.3 Å². The smallest absolute Gasteiger partial charge is 0.257 e. The Balaban J connectivity index is 1.44. The van der Waals surface area contributed by atoms with Gasteiger partial charge in [0, 0.05) is 12.5 Å². The fraction of sp³-hybridized carbons (Fsp3) is 0.357. The standard InChI is InChI=1S/C28H31N3O3S/c1-2-15-30(25-14-16-35(33,34)20-25)19-28(32)31-27(22-9-4-3-5-10-22)18-26(29-31)24-13-12-21-8-6-7-11-23(21)17-24/h3-13,17,25,27H,2,14-16,18-20H2,1H3. The largest absolute Gasteiger partial charge is 0.290 e. The molecule has 0 aromatic heterocycles. The van der Waals surface area contributed by atoms with Gasteiger partial charge in [-0.15, -0.1) is 0 Å². The molecule has 0 aliphatic carbocycles. The van der Waals surface area contributed by atoms with Crippen LogP contribution in [-0.2, 0) is 14.6 Å². The molecule has 1 saturated heterocycles. The molecule has 2 heterocycles. The Morgan fingerprint density at radius 3 is 2.49 bits per heavy atom. The Kier molecular flexibility index (Phi) is 6.71. The van der Waals surface area contributed by atoms with Crippen LogP contribution >= 0.6 is 0 Å². The highest BCUT2D eigenvalue weighted by Gasteiger charge is 2.37. The lowest BCUT2D eigenvalue weighted by atomic mass is 9.97. The predicted octanol–water partition coefficient (Wildman–Crippen LogP) is 4.42. The Hall–Kier alpha value is -3.03. The van der Waals surface area contributed by atoms with Crippen LogP contribution in [0.3, 0.4) is 0 Å². The molecule has 1 amide bonds. The molecule has 35 heavy (non-hydrogen) atoms. The van der Waals surface area contributed by atoms with Crippen LogP contribution in [0.15, 0.2) is 77.9 Å². The van der Waals surface area contributed by atoms with Crippen LogP contribution in [0.25, 0.3) is 10.8 Å². The summed E-state index contributed by atoms with van der Waals surface area (Å²) in [4.78, 5) is 15.7. The van der Waals surface area contributed by atoms with E-state index in [1.807, 2.05) is 47.4 Å². The van der Waals surface area contributed by atoms with Crippen molar-refractivity contribution in [3.63, 3.8) is 0 Å². The maximum absolute atomic E-state index is 13.6. The van der Waals surface area contributed by atoms with Gasteiger partial charge in [0.2, 0.25) is 0 Å². The topological polar surface area (TPSA) is 70.1 Å². The summed E-state index contributed by atoms with van der Waals surface area (Å²) in [6.45, 7) is 2.92. The van der Waals surface area contributed by atoms with Crippen LogP contribution in [0, 0.1) is 0 Å². The molecule has 0 spiro atoms. The molecule has 3 aromatic carbocycles. The first-order chi connectivity index (χ1) is 16.9. The SMILES string of the molecule is CCCN(CC(=O)N1N=C(c2ccc3ccccc3c2)CC1c1ccccc1)C1CCS(=O)(=O)C1. The van der Waals surface area contributed by atoms with Gasteiger partial charge in [-0.05, 0) is 47.4 Å². The summed E-state index contributed by atoms with van der Waals surface area (Å²) in [7, 11) is -3.02. The molecular weight excluding hydrogens is 458 g/mol. The Labute approximate surface area is 207 Å². The minimum absolute atomic E-state index is 0.0904. The molecule has 3 aromatic rings. The van der Waals surface area contributed by atoms with Crippen molar-refractivity contribution in [3.8, 4) is 0 Å². The molecule has 0 N–H and O–H groups in total. The van der Waals surface area contributed by atoms with E-state index in [-0.39, 0.29) is 36.0 Å². The summed E-state index contributed by atoms with van der Waals surface area (Å²) in [6, 6.07) is 24.3. The lowest BCUT2D eigenvalue weighted by molar-refractivity contribution is -0.134. The van der Waals surface area contributed by atoms with E-state index in [0.717, 1.165) is 28.6 Å². The summed E-state index contributed by atoms with van der Waals surface area (Å²) < 4.78 is 24.2. The van der Waals surface area contributed by atoms with Crippen molar-refractivity contribution in [2.24, 2.45) is 5.10 Å². The number of sulfone groups is 1. The minimum Gasteiger partial charge on any atom is -0.290 e. The zero-order valence-corrected chi connectivity index (χ0v) is 20.8. The van der Waals surface area contributed by atoms with Crippen LogP contribution in [0.2, 0.25) is 0 Å². The average Bonchev–Trinajstić information content (AvgIpc) is 3.48. The predicted molar refractivity (Wildman–Crippen MR) is 140 cm³/mol. The van der Waals surface area contributed by atoms with Crippen molar-refractivity contribution in [1.82, 2.24) is 9.91 Å². The number of hydrogen-bond acceptors (Lipinski definition) is 5. The van der Waals surface area contributed by atoms with Gasteiger partial charge in [0.25, 0.3) is 5.91 Å². The fourth-order valence-electron chi connectivity index (χ4n) is 5.21. The summed E-state index contributed by atoms with van der Waals surface area (Å²) in [5.41, 5.74) is 2.96. The van der Waals surface area contributed by atoms with E-state index in [1.54, 1.807) is 5.01 Å². The Morgan fingerprint density at radius 1 is 1.03 bits per heavy atom. The molecule has 2 atom stereocenters. The fourth-order valence-corrected chi connectivity index (χ4v) is 6.97. The van der Waals surface area contributed by atoms with Crippen molar-refractivity contribution in [3.05, 3.63) is 83.9 Å². The Bertz CT molecular complexity index is 1350. The average molecular weight is 490 g/mol. The van der Waals surface area contributed by atoms with Crippen LogP contribution in [0.4, 0.5) is 0 Å². The Morgan fingerprint density at radius 2 is 1.77 bits per heavy atom. The number of fused-ring (bicyclic) bond motifs is 1. The lowest BCUT2D eigenvalue weighted by Crippen LogP contribution is -2.44. The number of nitrogens with zero attached hydrogens (tertiary/aromatic N) is 3. The van der Waals surface area contributed by atoms with Crippen molar-refractivity contribution in [1.29, 1.82) is 0 Å². The third-order valence-electron chi connectivity index (χ3n) is 7.01. The van der Waals surface area contributed by atoms with Crippen molar-refractivity contribution in [2.75, 3.05) is 24.6 Å². The van der Waals surface area contributed by atoms with Crippen molar-refractivity contribution >= 4 is 32.2 Å². The van der Waals surface area contributed by atoms with E-state index in [9.17, 15) is 13.2 Å². The van der Waals surface area contributed by atoms with Gasteiger partial charge in [0.1, 0.15) is 0 Å². The van der Waals surface area contributed by atoms with Gasteiger partial charge >= 0.3 is 0 Å². The summed E-state index contributed by atoms with van der Waals surface area (Å²) in [5, 5.41) is 8.79. The quantitative estimate of drug-likeness (QED) is 0.493. The number of carbonyl (C=O) groups is 1. The van der Waals surface area contributed by atoms with Gasteiger partial charge in [0.15, 0.2) is 9.84 Å². The molecule has 0 bridgehead atoms. The second-order valence-corrected chi connectivity index (χ2v) is 11.7. The minimum atomic E-state index is -3.02. The highest BCUT2D eigenvalue weighted by Crippen LogP contribution is 2.34. The molecule has 0 saturated carbocycles. The normalized spacial score (nSPS) is 21.5. The molecule has 5 rings (SSSR count). The molecule has 2 aliphatic heterocycles. The highest BCUT2D eigenvalue weighted by atomic mass is 32.2. The van der Waals surface area contributed by atoms with Gasteiger partial charge in [0.05, 0.1) is 29.8 Å². The number of rotatable bonds is 7. The molecular formula is C28H31N3O3S. The molecule has 2 aliphatic rings. The number of carbonyl (C=O) groups excluding carboxylic acids is 1. The number of hydrogen-bond donors (Lipinski definition) is 0. The van der Waals surface area contributed by atoms with Gasteiger partial charge < -0.3 is 0 Å². The zero-order valence-electron chi connectivity index (χ0n) is 20.0. The maximum atomic E-state index is 13.6. The van der Waals surface area contributed by atoms with Crippen LogP contribution < -0.4 is 0 Å². The third-order valence-corrected chi connectivity index (χ3v) is 8.76.